The van der Waals surface area contributed by atoms with Gasteiger partial charge in [0.05, 0.1) is 15.6 Å². The Morgan fingerprint density at radius 3 is 2.88 bits per heavy atom. The SMILES string of the molecule is O=C(c1cccc(Cl)c1Cl)N1CCCNCC1. The smallest absolute Gasteiger partial charge is 0.255 e. The molecule has 1 saturated heterocycles. The van der Waals surface area contributed by atoms with Crippen molar-refractivity contribution in [3.63, 3.8) is 0 Å². The van der Waals surface area contributed by atoms with Crippen LogP contribution in [0.25, 0.3) is 0 Å². The molecule has 0 aliphatic carbocycles. The number of hydrogen-bond donors (Lipinski definition) is 1. The summed E-state index contributed by atoms with van der Waals surface area (Å²) >= 11 is 12.0. The summed E-state index contributed by atoms with van der Waals surface area (Å²) in [5.74, 6) is -0.0406. The molecule has 17 heavy (non-hydrogen) atoms. The molecule has 2 rings (SSSR count). The van der Waals surface area contributed by atoms with Gasteiger partial charge in [0.15, 0.2) is 0 Å². The molecule has 1 aromatic rings. The molecule has 0 radical (unpaired) electrons. The molecular formula is C12H14Cl2N2O. The zero-order valence-corrected chi connectivity index (χ0v) is 10.9. The number of nitrogens with zero attached hydrogens (tertiary/aromatic N) is 1. The van der Waals surface area contributed by atoms with Gasteiger partial charge in [-0.2, -0.15) is 0 Å². The number of carbonyl (C=O) groups excluding carboxylic acids is 1. The molecule has 0 aromatic heterocycles. The van der Waals surface area contributed by atoms with Gasteiger partial charge in [-0.05, 0) is 25.1 Å². The van der Waals surface area contributed by atoms with E-state index in [1.807, 2.05) is 4.90 Å². The van der Waals surface area contributed by atoms with Crippen molar-refractivity contribution in [3.05, 3.63) is 33.8 Å². The van der Waals surface area contributed by atoms with Crippen LogP contribution in [0.15, 0.2) is 18.2 Å². The summed E-state index contributed by atoms with van der Waals surface area (Å²) in [6, 6.07) is 5.15. The average Bonchev–Trinajstić information content (AvgIpc) is 2.60. The molecular weight excluding hydrogens is 259 g/mol. The zero-order chi connectivity index (χ0) is 12.3. The summed E-state index contributed by atoms with van der Waals surface area (Å²) in [5.41, 5.74) is 0.487. The van der Waals surface area contributed by atoms with Crippen molar-refractivity contribution in [1.29, 1.82) is 0 Å². The van der Waals surface area contributed by atoms with E-state index in [0.717, 1.165) is 26.1 Å². The summed E-state index contributed by atoms with van der Waals surface area (Å²) in [4.78, 5) is 14.1. The highest BCUT2D eigenvalue weighted by Crippen LogP contribution is 2.26. The third-order valence-corrected chi connectivity index (χ3v) is 3.63. The Balaban J connectivity index is 2.20. The van der Waals surface area contributed by atoms with E-state index in [1.54, 1.807) is 18.2 Å². The van der Waals surface area contributed by atoms with Gasteiger partial charge in [0, 0.05) is 19.6 Å². The maximum absolute atomic E-state index is 12.3. The first-order chi connectivity index (χ1) is 8.20. The van der Waals surface area contributed by atoms with Gasteiger partial charge in [0.1, 0.15) is 0 Å². The molecule has 1 fully saturated rings. The third-order valence-electron chi connectivity index (χ3n) is 2.81. The molecule has 0 spiro atoms. The van der Waals surface area contributed by atoms with Gasteiger partial charge in [0.25, 0.3) is 5.91 Å². The Morgan fingerprint density at radius 2 is 2.06 bits per heavy atom. The van der Waals surface area contributed by atoms with Gasteiger partial charge in [-0.1, -0.05) is 29.3 Å². The Labute approximate surface area is 111 Å². The van der Waals surface area contributed by atoms with E-state index in [9.17, 15) is 4.79 Å². The van der Waals surface area contributed by atoms with Crippen LogP contribution in [0.2, 0.25) is 10.0 Å². The van der Waals surface area contributed by atoms with Crippen LogP contribution >= 0.6 is 23.2 Å². The molecule has 1 aromatic carbocycles. The van der Waals surface area contributed by atoms with Crippen LogP contribution in [0.4, 0.5) is 0 Å². The van der Waals surface area contributed by atoms with Crippen LogP contribution in [0.5, 0.6) is 0 Å². The maximum Gasteiger partial charge on any atom is 0.255 e. The fourth-order valence-electron chi connectivity index (χ4n) is 1.89. The largest absolute Gasteiger partial charge is 0.337 e. The van der Waals surface area contributed by atoms with E-state index < -0.39 is 0 Å². The van der Waals surface area contributed by atoms with Crippen LogP contribution in [-0.2, 0) is 0 Å². The number of benzene rings is 1. The Kier molecular flexibility index (Phi) is 4.26. The number of nitrogens with one attached hydrogen (secondary N) is 1. The molecule has 5 heteroatoms. The molecule has 1 aliphatic heterocycles. The van der Waals surface area contributed by atoms with Crippen molar-refractivity contribution >= 4 is 29.1 Å². The summed E-state index contributed by atoms with van der Waals surface area (Å²) in [5, 5.41) is 4.02. The maximum atomic E-state index is 12.3. The fourth-order valence-corrected chi connectivity index (χ4v) is 2.27. The van der Waals surface area contributed by atoms with Crippen LogP contribution in [0.3, 0.4) is 0 Å². The first-order valence-corrected chi connectivity index (χ1v) is 6.40. The van der Waals surface area contributed by atoms with Gasteiger partial charge >= 0.3 is 0 Å². The van der Waals surface area contributed by atoms with Crippen molar-refractivity contribution < 1.29 is 4.79 Å². The first kappa shape index (κ1) is 12.7. The molecule has 92 valence electrons. The monoisotopic (exact) mass is 272 g/mol. The summed E-state index contributed by atoms with van der Waals surface area (Å²) in [6.07, 6.45) is 0.962. The highest BCUT2D eigenvalue weighted by atomic mass is 35.5. The van der Waals surface area contributed by atoms with Gasteiger partial charge in [-0.3, -0.25) is 4.79 Å². The Bertz CT molecular complexity index is 415. The zero-order valence-electron chi connectivity index (χ0n) is 9.38. The minimum absolute atomic E-state index is 0.0406. The van der Waals surface area contributed by atoms with Crippen LogP contribution in [0.1, 0.15) is 16.8 Å². The summed E-state index contributed by atoms with van der Waals surface area (Å²) in [6.45, 7) is 3.24. The molecule has 1 amide bonds. The quantitative estimate of drug-likeness (QED) is 0.852. The number of hydrogen-bond acceptors (Lipinski definition) is 2. The number of amides is 1. The minimum Gasteiger partial charge on any atom is -0.337 e. The molecule has 1 N–H and O–H groups in total. The van der Waals surface area contributed by atoms with E-state index in [-0.39, 0.29) is 5.91 Å². The van der Waals surface area contributed by atoms with Crippen LogP contribution in [0, 0.1) is 0 Å². The number of rotatable bonds is 1. The van der Waals surface area contributed by atoms with Gasteiger partial charge in [-0.15, -0.1) is 0 Å². The average molecular weight is 273 g/mol. The lowest BCUT2D eigenvalue weighted by atomic mass is 10.2. The van der Waals surface area contributed by atoms with E-state index >= 15 is 0 Å². The highest BCUT2D eigenvalue weighted by molar-refractivity contribution is 6.43. The fraction of sp³-hybridized carbons (Fsp3) is 0.417. The van der Waals surface area contributed by atoms with Crippen LogP contribution in [-0.4, -0.2) is 37.0 Å². The van der Waals surface area contributed by atoms with Crippen molar-refractivity contribution in [2.45, 2.75) is 6.42 Å². The summed E-state index contributed by atoms with van der Waals surface area (Å²) in [7, 11) is 0. The van der Waals surface area contributed by atoms with Gasteiger partial charge in [-0.25, -0.2) is 0 Å². The minimum atomic E-state index is -0.0406. The van der Waals surface area contributed by atoms with Crippen molar-refractivity contribution in [1.82, 2.24) is 10.2 Å². The molecule has 0 bridgehead atoms. The number of carbonyl (C=O) groups is 1. The lowest BCUT2D eigenvalue weighted by Crippen LogP contribution is -2.34. The first-order valence-electron chi connectivity index (χ1n) is 5.64. The normalized spacial score (nSPS) is 16.7. The predicted molar refractivity (Wildman–Crippen MR) is 69.9 cm³/mol. The summed E-state index contributed by atoms with van der Waals surface area (Å²) < 4.78 is 0. The lowest BCUT2D eigenvalue weighted by Gasteiger charge is -2.20. The lowest BCUT2D eigenvalue weighted by molar-refractivity contribution is 0.0766. The van der Waals surface area contributed by atoms with E-state index in [2.05, 4.69) is 5.32 Å². The van der Waals surface area contributed by atoms with E-state index in [4.69, 9.17) is 23.2 Å². The van der Waals surface area contributed by atoms with Gasteiger partial charge < -0.3 is 10.2 Å². The second-order valence-corrected chi connectivity index (χ2v) is 4.78. The topological polar surface area (TPSA) is 32.3 Å². The Morgan fingerprint density at radius 1 is 1.24 bits per heavy atom. The predicted octanol–water partition coefficient (Wildman–Crippen LogP) is 2.43. The van der Waals surface area contributed by atoms with Crippen molar-refractivity contribution in [3.8, 4) is 0 Å². The highest BCUT2D eigenvalue weighted by Gasteiger charge is 2.20. The second kappa shape index (κ2) is 5.71. The molecule has 3 nitrogen and oxygen atoms in total. The number of halogens is 2. The molecule has 0 saturated carbocycles. The molecule has 1 heterocycles. The standard InChI is InChI=1S/C12H14Cl2N2O/c13-10-4-1-3-9(11(10)14)12(17)16-7-2-5-15-6-8-16/h1,3-4,15H,2,5-8H2. The second-order valence-electron chi connectivity index (χ2n) is 4.00. The van der Waals surface area contributed by atoms with Gasteiger partial charge in [0.2, 0.25) is 0 Å². The molecule has 0 unspecified atom stereocenters. The molecule has 1 aliphatic rings. The van der Waals surface area contributed by atoms with Crippen LogP contribution < -0.4 is 5.32 Å². The third kappa shape index (κ3) is 2.92. The molecule has 0 atom stereocenters. The van der Waals surface area contributed by atoms with Crippen molar-refractivity contribution in [2.24, 2.45) is 0 Å². The Hall–Kier alpha value is -0.770. The van der Waals surface area contributed by atoms with Crippen molar-refractivity contribution in [2.75, 3.05) is 26.2 Å². The van der Waals surface area contributed by atoms with E-state index in [1.165, 1.54) is 0 Å². The van der Waals surface area contributed by atoms with E-state index in [0.29, 0.717) is 22.2 Å².